The number of halogens is 3. The third kappa shape index (κ3) is 3.22. The molecule has 0 amide bonds. The van der Waals surface area contributed by atoms with Crippen LogP contribution in [-0.4, -0.2) is 45.5 Å². The summed E-state index contributed by atoms with van der Waals surface area (Å²) in [5, 5.41) is 7.65. The molecule has 4 nitrogen and oxygen atoms in total. The maximum Gasteiger partial charge on any atom is 0.391 e. The van der Waals surface area contributed by atoms with Crippen LogP contribution < -0.4 is 0 Å². The van der Waals surface area contributed by atoms with Crippen molar-refractivity contribution in [3.05, 3.63) is 12.2 Å². The minimum atomic E-state index is -4.03. The molecule has 0 saturated carbocycles. The van der Waals surface area contributed by atoms with E-state index in [1.54, 1.807) is 6.33 Å². The molecule has 0 unspecified atom stereocenters. The maximum absolute atomic E-state index is 12.5. The fourth-order valence-corrected chi connectivity index (χ4v) is 2.27. The van der Waals surface area contributed by atoms with Gasteiger partial charge in [0.15, 0.2) is 0 Å². The minimum absolute atomic E-state index is 0.213. The molecule has 1 fully saturated rings. The molecular formula is C11H17F3N4. The summed E-state index contributed by atoms with van der Waals surface area (Å²) in [4.78, 5) is 2.07. The van der Waals surface area contributed by atoms with E-state index in [0.29, 0.717) is 13.1 Å². The predicted octanol–water partition coefficient (Wildman–Crippen LogP) is 1.86. The van der Waals surface area contributed by atoms with E-state index in [9.17, 15) is 13.2 Å². The predicted molar refractivity (Wildman–Crippen MR) is 60.0 cm³/mol. The first kappa shape index (κ1) is 13.3. The van der Waals surface area contributed by atoms with Gasteiger partial charge in [-0.1, -0.05) is 0 Å². The van der Waals surface area contributed by atoms with Crippen LogP contribution in [0.25, 0.3) is 0 Å². The molecule has 7 heteroatoms. The van der Waals surface area contributed by atoms with Crippen molar-refractivity contribution in [2.75, 3.05) is 19.6 Å². The third-order valence-electron chi connectivity index (χ3n) is 3.52. The number of hydrogen-bond donors (Lipinski definition) is 0. The van der Waals surface area contributed by atoms with E-state index >= 15 is 0 Å². The molecule has 2 heterocycles. The lowest BCUT2D eigenvalue weighted by Gasteiger charge is -2.32. The number of aryl methyl sites for hydroxylation is 1. The molecule has 1 aliphatic rings. The second kappa shape index (κ2) is 5.26. The standard InChI is InChI=1S/C11H17F3N4/c1-9-16-15-8-18(9)7-6-17-4-2-10(3-5-17)11(12,13)14/h8,10H,2-7H2,1H3. The number of likely N-dealkylation sites (tertiary alicyclic amines) is 1. The van der Waals surface area contributed by atoms with Gasteiger partial charge in [-0.05, 0) is 32.9 Å². The Labute approximate surface area is 104 Å². The van der Waals surface area contributed by atoms with E-state index in [1.807, 2.05) is 11.5 Å². The number of piperidine rings is 1. The van der Waals surface area contributed by atoms with E-state index in [4.69, 9.17) is 0 Å². The quantitative estimate of drug-likeness (QED) is 0.833. The summed E-state index contributed by atoms with van der Waals surface area (Å²) in [7, 11) is 0. The summed E-state index contributed by atoms with van der Waals surface area (Å²) in [6.07, 6.45) is -1.95. The Morgan fingerprint density at radius 1 is 1.28 bits per heavy atom. The van der Waals surface area contributed by atoms with E-state index in [-0.39, 0.29) is 12.8 Å². The van der Waals surface area contributed by atoms with Gasteiger partial charge in [0.25, 0.3) is 0 Å². The molecule has 1 aliphatic heterocycles. The molecule has 0 aromatic carbocycles. The van der Waals surface area contributed by atoms with E-state index < -0.39 is 12.1 Å². The minimum Gasteiger partial charge on any atom is -0.317 e. The van der Waals surface area contributed by atoms with Crippen molar-refractivity contribution in [3.8, 4) is 0 Å². The van der Waals surface area contributed by atoms with Crippen LogP contribution in [0.5, 0.6) is 0 Å². The molecule has 0 spiro atoms. The van der Waals surface area contributed by atoms with Crippen LogP contribution in [0.1, 0.15) is 18.7 Å². The Bertz CT molecular complexity index is 380. The van der Waals surface area contributed by atoms with E-state index in [1.165, 1.54) is 0 Å². The zero-order valence-electron chi connectivity index (χ0n) is 10.3. The fraction of sp³-hybridized carbons (Fsp3) is 0.818. The van der Waals surface area contributed by atoms with Gasteiger partial charge in [0.1, 0.15) is 12.2 Å². The lowest BCUT2D eigenvalue weighted by atomic mass is 9.96. The summed E-state index contributed by atoms with van der Waals surface area (Å²) >= 11 is 0. The van der Waals surface area contributed by atoms with Crippen molar-refractivity contribution in [2.45, 2.75) is 32.5 Å². The molecule has 2 rings (SSSR count). The van der Waals surface area contributed by atoms with Gasteiger partial charge in [0.05, 0.1) is 5.92 Å². The lowest BCUT2D eigenvalue weighted by Crippen LogP contribution is -2.40. The smallest absolute Gasteiger partial charge is 0.317 e. The van der Waals surface area contributed by atoms with Gasteiger partial charge < -0.3 is 9.47 Å². The monoisotopic (exact) mass is 262 g/mol. The van der Waals surface area contributed by atoms with Gasteiger partial charge in [-0.2, -0.15) is 13.2 Å². The molecular weight excluding hydrogens is 245 g/mol. The average molecular weight is 262 g/mol. The zero-order chi connectivity index (χ0) is 13.2. The zero-order valence-corrected chi connectivity index (χ0v) is 10.3. The Morgan fingerprint density at radius 3 is 2.44 bits per heavy atom. The number of hydrogen-bond acceptors (Lipinski definition) is 3. The van der Waals surface area contributed by atoms with Crippen molar-refractivity contribution in [3.63, 3.8) is 0 Å². The van der Waals surface area contributed by atoms with E-state index in [2.05, 4.69) is 15.1 Å². The number of alkyl halides is 3. The van der Waals surface area contributed by atoms with Crippen LogP contribution in [0.15, 0.2) is 6.33 Å². The Balaban J connectivity index is 1.76. The fourth-order valence-electron chi connectivity index (χ4n) is 2.27. The SMILES string of the molecule is Cc1nncn1CCN1CCC(C(F)(F)F)CC1. The Morgan fingerprint density at radius 2 is 1.94 bits per heavy atom. The molecule has 0 radical (unpaired) electrons. The molecule has 0 aliphatic carbocycles. The summed E-state index contributed by atoms with van der Waals surface area (Å²) in [6.45, 7) is 4.39. The summed E-state index contributed by atoms with van der Waals surface area (Å²) in [5.74, 6) is -0.287. The van der Waals surface area contributed by atoms with Crippen molar-refractivity contribution >= 4 is 0 Å². The Hall–Kier alpha value is -1.11. The first-order chi connectivity index (χ1) is 8.47. The van der Waals surface area contributed by atoms with Gasteiger partial charge >= 0.3 is 6.18 Å². The van der Waals surface area contributed by atoms with Gasteiger partial charge in [-0.25, -0.2) is 0 Å². The molecule has 0 N–H and O–H groups in total. The van der Waals surface area contributed by atoms with Gasteiger partial charge in [0, 0.05) is 13.1 Å². The van der Waals surface area contributed by atoms with E-state index in [0.717, 1.165) is 18.9 Å². The highest BCUT2D eigenvalue weighted by Crippen LogP contribution is 2.33. The van der Waals surface area contributed by atoms with Crippen LogP contribution in [0.4, 0.5) is 13.2 Å². The van der Waals surface area contributed by atoms with Crippen LogP contribution in [0, 0.1) is 12.8 Å². The summed E-state index contributed by atoms with van der Waals surface area (Å²) in [6, 6.07) is 0. The first-order valence-electron chi connectivity index (χ1n) is 6.10. The van der Waals surface area contributed by atoms with Crippen LogP contribution >= 0.6 is 0 Å². The van der Waals surface area contributed by atoms with Crippen molar-refractivity contribution in [1.29, 1.82) is 0 Å². The summed E-state index contributed by atoms with van der Waals surface area (Å²) < 4.78 is 39.4. The van der Waals surface area contributed by atoms with Crippen molar-refractivity contribution < 1.29 is 13.2 Å². The third-order valence-corrected chi connectivity index (χ3v) is 3.52. The second-order valence-electron chi connectivity index (χ2n) is 4.73. The highest BCUT2D eigenvalue weighted by Gasteiger charge is 2.40. The summed E-state index contributed by atoms with van der Waals surface area (Å²) in [5.41, 5.74) is 0. The van der Waals surface area contributed by atoms with Gasteiger partial charge in [0.2, 0.25) is 0 Å². The normalized spacial score (nSPS) is 19.3. The van der Waals surface area contributed by atoms with Crippen LogP contribution in [-0.2, 0) is 6.54 Å². The maximum atomic E-state index is 12.5. The average Bonchev–Trinajstić information content (AvgIpc) is 2.72. The van der Waals surface area contributed by atoms with Gasteiger partial charge in [-0.15, -0.1) is 10.2 Å². The topological polar surface area (TPSA) is 34.0 Å². The number of aromatic nitrogens is 3. The highest BCUT2D eigenvalue weighted by atomic mass is 19.4. The van der Waals surface area contributed by atoms with Crippen molar-refractivity contribution in [1.82, 2.24) is 19.7 Å². The second-order valence-corrected chi connectivity index (χ2v) is 4.73. The highest BCUT2D eigenvalue weighted by molar-refractivity contribution is 4.81. The molecule has 18 heavy (non-hydrogen) atoms. The molecule has 0 bridgehead atoms. The van der Waals surface area contributed by atoms with Crippen LogP contribution in [0.2, 0.25) is 0 Å². The molecule has 102 valence electrons. The molecule has 1 aromatic heterocycles. The number of nitrogens with zero attached hydrogens (tertiary/aromatic N) is 4. The molecule has 0 atom stereocenters. The molecule has 1 aromatic rings. The molecule has 1 saturated heterocycles. The van der Waals surface area contributed by atoms with Gasteiger partial charge in [-0.3, -0.25) is 0 Å². The first-order valence-corrected chi connectivity index (χ1v) is 6.10. The van der Waals surface area contributed by atoms with Crippen LogP contribution in [0.3, 0.4) is 0 Å². The Kier molecular flexibility index (Phi) is 3.89. The largest absolute Gasteiger partial charge is 0.391 e. The van der Waals surface area contributed by atoms with Crippen molar-refractivity contribution in [2.24, 2.45) is 5.92 Å². The lowest BCUT2D eigenvalue weighted by molar-refractivity contribution is -0.185. The number of rotatable bonds is 3.